The second-order valence-electron chi connectivity index (χ2n) is 7.54. The average Bonchev–Trinajstić information content (AvgIpc) is 3.22. The lowest BCUT2D eigenvalue weighted by Crippen LogP contribution is -2.47. The zero-order valence-corrected chi connectivity index (χ0v) is 19.4. The maximum absolute atomic E-state index is 13.2. The van der Waals surface area contributed by atoms with Crippen LogP contribution >= 0.6 is 22.9 Å². The molecule has 1 unspecified atom stereocenters. The number of hydrogen-bond acceptors (Lipinski definition) is 4. The van der Waals surface area contributed by atoms with E-state index in [-0.39, 0.29) is 24.4 Å². The van der Waals surface area contributed by atoms with Gasteiger partial charge in [-0.05, 0) is 60.5 Å². The van der Waals surface area contributed by atoms with Crippen molar-refractivity contribution < 1.29 is 14.3 Å². The molecule has 3 rings (SSSR count). The van der Waals surface area contributed by atoms with Crippen LogP contribution in [0.4, 0.5) is 0 Å². The summed E-state index contributed by atoms with van der Waals surface area (Å²) in [6.45, 7) is 7.52. The van der Waals surface area contributed by atoms with Crippen LogP contribution in [0.25, 0.3) is 0 Å². The van der Waals surface area contributed by atoms with Crippen molar-refractivity contribution in [3.8, 4) is 5.75 Å². The van der Waals surface area contributed by atoms with Crippen LogP contribution in [0.15, 0.2) is 29.6 Å². The topological polar surface area (TPSA) is 49.9 Å². The van der Waals surface area contributed by atoms with Gasteiger partial charge in [0.15, 0.2) is 0 Å². The lowest BCUT2D eigenvalue weighted by atomic mass is 10.0. The number of amides is 2. The van der Waals surface area contributed by atoms with E-state index in [1.807, 2.05) is 43.9 Å². The van der Waals surface area contributed by atoms with Crippen molar-refractivity contribution >= 4 is 34.8 Å². The molecule has 2 aromatic rings. The molecule has 1 aromatic heterocycles. The van der Waals surface area contributed by atoms with Crippen LogP contribution in [0.3, 0.4) is 0 Å². The summed E-state index contributed by atoms with van der Waals surface area (Å²) in [6.07, 6.45) is 2.07. The first-order valence-electron chi connectivity index (χ1n) is 10.5. The molecule has 0 saturated carbocycles. The Morgan fingerprint density at radius 3 is 2.80 bits per heavy atom. The SMILES string of the molecule is CCCN(CC(=O)N1CCc2sccc2C1COc1ccc(Cl)c(C)c1)C(=O)CC. The summed E-state index contributed by atoms with van der Waals surface area (Å²) in [5.41, 5.74) is 2.10. The zero-order valence-electron chi connectivity index (χ0n) is 17.8. The Morgan fingerprint density at radius 2 is 2.10 bits per heavy atom. The molecule has 2 heterocycles. The Balaban J connectivity index is 1.77. The Hall–Kier alpha value is -2.05. The smallest absolute Gasteiger partial charge is 0.242 e. The second kappa shape index (κ2) is 10.3. The van der Waals surface area contributed by atoms with E-state index < -0.39 is 0 Å². The second-order valence-corrected chi connectivity index (χ2v) is 8.95. The number of nitrogens with zero attached hydrogens (tertiary/aromatic N) is 2. The van der Waals surface area contributed by atoms with Crippen molar-refractivity contribution in [1.82, 2.24) is 9.80 Å². The van der Waals surface area contributed by atoms with Gasteiger partial charge in [-0.3, -0.25) is 9.59 Å². The van der Waals surface area contributed by atoms with Gasteiger partial charge in [-0.25, -0.2) is 0 Å². The Kier molecular flexibility index (Phi) is 7.78. The lowest BCUT2D eigenvalue weighted by molar-refractivity contribution is -0.142. The number of halogens is 1. The molecule has 0 fully saturated rings. The highest BCUT2D eigenvalue weighted by Gasteiger charge is 2.33. The predicted octanol–water partition coefficient (Wildman–Crippen LogP) is 4.86. The number of fused-ring (bicyclic) bond motifs is 1. The van der Waals surface area contributed by atoms with Gasteiger partial charge >= 0.3 is 0 Å². The monoisotopic (exact) mass is 448 g/mol. The molecule has 162 valence electrons. The lowest BCUT2D eigenvalue weighted by Gasteiger charge is -2.37. The van der Waals surface area contributed by atoms with Gasteiger partial charge in [0, 0.05) is 29.4 Å². The van der Waals surface area contributed by atoms with Gasteiger partial charge in [0.1, 0.15) is 12.4 Å². The maximum atomic E-state index is 13.2. The van der Waals surface area contributed by atoms with E-state index in [0.717, 1.165) is 29.7 Å². The molecule has 0 bridgehead atoms. The molecular weight excluding hydrogens is 420 g/mol. The highest BCUT2D eigenvalue weighted by atomic mass is 35.5. The third-order valence-corrected chi connectivity index (χ3v) is 6.85. The summed E-state index contributed by atoms with van der Waals surface area (Å²) in [4.78, 5) is 30.3. The molecule has 0 spiro atoms. The Morgan fingerprint density at radius 1 is 1.30 bits per heavy atom. The van der Waals surface area contributed by atoms with Crippen LogP contribution in [-0.4, -0.2) is 47.9 Å². The molecule has 0 N–H and O–H groups in total. The molecule has 1 atom stereocenters. The molecule has 0 saturated heterocycles. The highest BCUT2D eigenvalue weighted by Crippen LogP contribution is 2.34. The van der Waals surface area contributed by atoms with Crippen LogP contribution in [0, 0.1) is 6.92 Å². The highest BCUT2D eigenvalue weighted by molar-refractivity contribution is 7.10. The van der Waals surface area contributed by atoms with Crippen LogP contribution in [-0.2, 0) is 16.0 Å². The Labute approximate surface area is 187 Å². The van der Waals surface area contributed by atoms with Crippen LogP contribution in [0.5, 0.6) is 5.75 Å². The number of carbonyl (C=O) groups is 2. The van der Waals surface area contributed by atoms with E-state index >= 15 is 0 Å². The van der Waals surface area contributed by atoms with Crippen LogP contribution < -0.4 is 4.74 Å². The average molecular weight is 449 g/mol. The van der Waals surface area contributed by atoms with Gasteiger partial charge in [-0.1, -0.05) is 25.4 Å². The minimum Gasteiger partial charge on any atom is -0.491 e. The predicted molar refractivity (Wildman–Crippen MR) is 121 cm³/mol. The third-order valence-electron chi connectivity index (χ3n) is 5.43. The minimum atomic E-state index is -0.163. The van der Waals surface area contributed by atoms with Crippen molar-refractivity contribution in [2.45, 2.75) is 46.1 Å². The number of benzene rings is 1. The molecule has 30 heavy (non-hydrogen) atoms. The summed E-state index contributed by atoms with van der Waals surface area (Å²) in [5, 5.41) is 2.77. The molecule has 0 radical (unpaired) electrons. The number of aryl methyl sites for hydroxylation is 1. The largest absolute Gasteiger partial charge is 0.491 e. The fourth-order valence-electron chi connectivity index (χ4n) is 3.80. The first kappa shape index (κ1) is 22.6. The fourth-order valence-corrected chi connectivity index (χ4v) is 4.84. The summed E-state index contributed by atoms with van der Waals surface area (Å²) >= 11 is 7.84. The van der Waals surface area contributed by atoms with Crippen LogP contribution in [0.2, 0.25) is 5.02 Å². The number of rotatable bonds is 8. The van der Waals surface area contributed by atoms with E-state index in [1.165, 1.54) is 4.88 Å². The van der Waals surface area contributed by atoms with E-state index in [2.05, 4.69) is 11.4 Å². The van der Waals surface area contributed by atoms with E-state index in [0.29, 0.717) is 31.1 Å². The summed E-state index contributed by atoms with van der Waals surface area (Å²) in [7, 11) is 0. The van der Waals surface area contributed by atoms with E-state index in [1.54, 1.807) is 16.2 Å². The molecule has 1 aliphatic heterocycles. The first-order chi connectivity index (χ1) is 14.4. The van der Waals surface area contributed by atoms with Gasteiger partial charge in [-0.2, -0.15) is 0 Å². The Bertz CT molecular complexity index is 898. The summed E-state index contributed by atoms with van der Waals surface area (Å²) in [5.74, 6) is 0.728. The van der Waals surface area contributed by atoms with Crippen molar-refractivity contribution in [2.24, 2.45) is 0 Å². The molecule has 0 aliphatic carbocycles. The van der Waals surface area contributed by atoms with Crippen LogP contribution in [0.1, 0.15) is 48.7 Å². The normalized spacial score (nSPS) is 15.6. The molecule has 7 heteroatoms. The number of thiophene rings is 1. The fraction of sp³-hybridized carbons (Fsp3) is 0.478. The first-order valence-corrected chi connectivity index (χ1v) is 11.7. The van der Waals surface area contributed by atoms with Gasteiger partial charge in [0.05, 0.1) is 12.6 Å². The van der Waals surface area contributed by atoms with Crippen molar-refractivity contribution in [2.75, 3.05) is 26.2 Å². The summed E-state index contributed by atoms with van der Waals surface area (Å²) in [6, 6.07) is 7.51. The molecular formula is C23H29ClN2O3S. The summed E-state index contributed by atoms with van der Waals surface area (Å²) < 4.78 is 6.08. The van der Waals surface area contributed by atoms with Gasteiger partial charge in [0.2, 0.25) is 11.8 Å². The van der Waals surface area contributed by atoms with Crippen molar-refractivity contribution in [3.63, 3.8) is 0 Å². The molecule has 1 aliphatic rings. The van der Waals surface area contributed by atoms with E-state index in [9.17, 15) is 9.59 Å². The van der Waals surface area contributed by atoms with Gasteiger partial charge in [-0.15, -0.1) is 11.3 Å². The maximum Gasteiger partial charge on any atom is 0.242 e. The standard InChI is InChI=1S/C23H29ClN2O3S/c1-4-10-25(22(27)5-2)14-23(28)26-11-8-21-18(9-12-30-21)20(26)15-29-17-6-7-19(24)16(3)13-17/h6-7,9,12-13,20H,4-5,8,10-11,14-15H2,1-3H3. The number of hydrogen-bond donors (Lipinski definition) is 0. The molecule has 1 aromatic carbocycles. The number of ether oxygens (including phenoxy) is 1. The van der Waals surface area contributed by atoms with Gasteiger partial charge in [0.25, 0.3) is 0 Å². The van der Waals surface area contributed by atoms with E-state index in [4.69, 9.17) is 16.3 Å². The van der Waals surface area contributed by atoms with Crippen molar-refractivity contribution in [3.05, 3.63) is 50.7 Å². The van der Waals surface area contributed by atoms with Crippen molar-refractivity contribution in [1.29, 1.82) is 0 Å². The minimum absolute atomic E-state index is 0.0165. The van der Waals surface area contributed by atoms with Gasteiger partial charge < -0.3 is 14.5 Å². The molecule has 2 amide bonds. The number of carbonyl (C=O) groups excluding carboxylic acids is 2. The third kappa shape index (κ3) is 5.16. The zero-order chi connectivity index (χ0) is 21.7. The molecule has 5 nitrogen and oxygen atoms in total. The quantitative estimate of drug-likeness (QED) is 0.579.